The van der Waals surface area contributed by atoms with E-state index in [-0.39, 0.29) is 18.6 Å². The number of hydrogen-bond acceptors (Lipinski definition) is 8. The fraction of sp³-hybridized carbons (Fsp3) is 0.333. The summed E-state index contributed by atoms with van der Waals surface area (Å²) in [6, 6.07) is 9.56. The van der Waals surface area contributed by atoms with Crippen molar-refractivity contribution in [2.24, 2.45) is 4.99 Å². The van der Waals surface area contributed by atoms with Crippen molar-refractivity contribution in [1.29, 1.82) is 0 Å². The van der Waals surface area contributed by atoms with E-state index in [1.54, 1.807) is 39.0 Å². The molecular formula is C27H28ClN5O4. The molecule has 3 heterocycles. The first-order valence-electron chi connectivity index (χ1n) is 12.1. The molecule has 192 valence electrons. The van der Waals surface area contributed by atoms with Gasteiger partial charge >= 0.3 is 0 Å². The van der Waals surface area contributed by atoms with Gasteiger partial charge < -0.3 is 24.0 Å². The van der Waals surface area contributed by atoms with Crippen LogP contribution in [0.15, 0.2) is 53.9 Å². The lowest BCUT2D eigenvalue weighted by molar-refractivity contribution is -0.130. The van der Waals surface area contributed by atoms with Gasteiger partial charge in [-0.3, -0.25) is 19.8 Å². The number of fused-ring (bicyclic) bond motifs is 1. The third kappa shape index (κ3) is 5.61. The number of ether oxygens (including phenoxy) is 3. The summed E-state index contributed by atoms with van der Waals surface area (Å²) in [5, 5.41) is 0.478. The molecule has 0 spiro atoms. The molecule has 2 aliphatic heterocycles. The minimum absolute atomic E-state index is 0.0268. The van der Waals surface area contributed by atoms with Gasteiger partial charge in [-0.1, -0.05) is 11.6 Å². The van der Waals surface area contributed by atoms with Crippen LogP contribution < -0.4 is 19.1 Å². The van der Waals surface area contributed by atoms with E-state index in [0.29, 0.717) is 47.6 Å². The van der Waals surface area contributed by atoms with Crippen LogP contribution >= 0.6 is 11.6 Å². The summed E-state index contributed by atoms with van der Waals surface area (Å²) in [5.41, 5.74) is 3.51. The third-order valence-electron chi connectivity index (χ3n) is 6.45. The number of piperidine rings is 1. The summed E-state index contributed by atoms with van der Waals surface area (Å²) in [5.74, 6) is 1.99. The van der Waals surface area contributed by atoms with Gasteiger partial charge in [0.2, 0.25) is 5.91 Å². The van der Waals surface area contributed by atoms with Gasteiger partial charge in [0.05, 0.1) is 42.6 Å². The fourth-order valence-electron chi connectivity index (χ4n) is 4.46. The van der Waals surface area contributed by atoms with Crippen LogP contribution in [0.25, 0.3) is 0 Å². The second-order valence-electron chi connectivity index (χ2n) is 8.88. The van der Waals surface area contributed by atoms with Crippen molar-refractivity contribution < 1.29 is 19.0 Å². The van der Waals surface area contributed by atoms with Crippen LogP contribution in [0.3, 0.4) is 0 Å². The van der Waals surface area contributed by atoms with Crippen molar-refractivity contribution in [3.05, 3.63) is 65.2 Å². The molecule has 0 N–H and O–H groups in total. The molecule has 0 radical (unpaired) electrons. The molecular weight excluding hydrogens is 494 g/mol. The lowest BCUT2D eigenvalue weighted by atomic mass is 10.1. The van der Waals surface area contributed by atoms with Crippen LogP contribution in [-0.2, 0) is 17.9 Å². The third-order valence-corrected chi connectivity index (χ3v) is 6.75. The topological polar surface area (TPSA) is 89.4 Å². The number of anilines is 2. The predicted molar refractivity (Wildman–Crippen MR) is 141 cm³/mol. The van der Waals surface area contributed by atoms with Gasteiger partial charge in [0.1, 0.15) is 18.5 Å². The first kappa shape index (κ1) is 24.8. The SMILES string of the molecule is COc1cc2c(cc1OC1CCN(C(C)=O)CC1)CN=CN2c1ccc(OCc2cnccn2)c(Cl)c1. The molecule has 1 amide bonds. The van der Waals surface area contributed by atoms with E-state index in [0.717, 1.165) is 29.8 Å². The molecule has 1 aromatic heterocycles. The fourth-order valence-corrected chi connectivity index (χ4v) is 4.69. The number of likely N-dealkylation sites (tertiary alicyclic amines) is 1. The number of rotatable bonds is 7. The highest BCUT2D eigenvalue weighted by Gasteiger charge is 2.25. The molecule has 37 heavy (non-hydrogen) atoms. The number of benzene rings is 2. The minimum atomic E-state index is 0.0268. The monoisotopic (exact) mass is 521 g/mol. The zero-order valence-electron chi connectivity index (χ0n) is 20.8. The van der Waals surface area contributed by atoms with Gasteiger partial charge in [-0.2, -0.15) is 0 Å². The van der Waals surface area contributed by atoms with Crippen LogP contribution in [0.2, 0.25) is 5.02 Å². The molecule has 9 nitrogen and oxygen atoms in total. The summed E-state index contributed by atoms with van der Waals surface area (Å²) >= 11 is 6.56. The lowest BCUT2D eigenvalue weighted by Crippen LogP contribution is -2.40. The molecule has 3 aromatic rings. The maximum absolute atomic E-state index is 11.6. The van der Waals surface area contributed by atoms with Crippen molar-refractivity contribution >= 4 is 35.2 Å². The predicted octanol–water partition coefficient (Wildman–Crippen LogP) is 4.79. The number of aliphatic imine (C=N–C) groups is 1. The van der Waals surface area contributed by atoms with Gasteiger partial charge in [0, 0.05) is 62.6 Å². The number of carbonyl (C=O) groups is 1. The molecule has 2 aliphatic rings. The quantitative estimate of drug-likeness (QED) is 0.441. The van der Waals surface area contributed by atoms with Crippen LogP contribution in [0, 0.1) is 0 Å². The van der Waals surface area contributed by atoms with Gasteiger partial charge in [0.25, 0.3) is 0 Å². The Labute approximate surface area is 220 Å². The Morgan fingerprint density at radius 3 is 2.65 bits per heavy atom. The number of nitrogens with zero attached hydrogens (tertiary/aromatic N) is 5. The smallest absolute Gasteiger partial charge is 0.219 e. The number of methoxy groups -OCH3 is 1. The summed E-state index contributed by atoms with van der Waals surface area (Å²) in [6.07, 6.45) is 8.28. The molecule has 0 saturated carbocycles. The number of aromatic nitrogens is 2. The molecule has 5 rings (SSSR count). The highest BCUT2D eigenvalue weighted by Crippen LogP contribution is 2.41. The Hall–Kier alpha value is -3.85. The van der Waals surface area contributed by atoms with Crippen LogP contribution in [0.1, 0.15) is 31.0 Å². The van der Waals surface area contributed by atoms with E-state index in [4.69, 9.17) is 25.8 Å². The Morgan fingerprint density at radius 1 is 1.11 bits per heavy atom. The summed E-state index contributed by atoms with van der Waals surface area (Å²) in [4.78, 5) is 28.3. The minimum Gasteiger partial charge on any atom is -0.493 e. The standard InChI is InChI=1S/C27H28ClN5O4/c1-18(34)32-9-5-22(6-10-32)37-27-11-19-14-30-17-33(24(19)13-26(27)35-2)21-3-4-25(23(28)12-21)36-16-20-15-29-7-8-31-20/h3-4,7-8,11-13,15,17,22H,5-6,9-10,14,16H2,1-2H3. The van der Waals surface area contributed by atoms with Crippen molar-refractivity contribution in [2.75, 3.05) is 25.1 Å². The van der Waals surface area contributed by atoms with Gasteiger partial charge in [-0.15, -0.1) is 0 Å². The lowest BCUT2D eigenvalue weighted by Gasteiger charge is -2.32. The molecule has 10 heteroatoms. The molecule has 1 saturated heterocycles. The highest BCUT2D eigenvalue weighted by molar-refractivity contribution is 6.32. The van der Waals surface area contributed by atoms with Gasteiger partial charge in [-0.05, 0) is 24.3 Å². The average Bonchev–Trinajstić information content (AvgIpc) is 2.92. The molecule has 0 unspecified atom stereocenters. The zero-order chi connectivity index (χ0) is 25.8. The molecule has 0 bridgehead atoms. The Morgan fingerprint density at radius 2 is 1.95 bits per heavy atom. The highest BCUT2D eigenvalue weighted by atomic mass is 35.5. The maximum Gasteiger partial charge on any atom is 0.219 e. The van der Waals surface area contributed by atoms with Crippen molar-refractivity contribution in [1.82, 2.24) is 14.9 Å². The Balaban J connectivity index is 1.33. The van der Waals surface area contributed by atoms with E-state index in [9.17, 15) is 4.79 Å². The van der Waals surface area contributed by atoms with Gasteiger partial charge in [0.15, 0.2) is 11.5 Å². The maximum atomic E-state index is 11.6. The first-order valence-corrected chi connectivity index (χ1v) is 12.5. The number of amides is 1. The van der Waals surface area contributed by atoms with Crippen LogP contribution in [0.5, 0.6) is 17.2 Å². The average molecular weight is 522 g/mol. The number of hydrogen-bond donors (Lipinski definition) is 0. The number of carbonyl (C=O) groups excluding carboxylic acids is 1. The van der Waals surface area contributed by atoms with Crippen LogP contribution in [0.4, 0.5) is 11.4 Å². The first-order chi connectivity index (χ1) is 18.0. The summed E-state index contributed by atoms with van der Waals surface area (Å²) in [7, 11) is 1.63. The van der Waals surface area contributed by atoms with Crippen molar-refractivity contribution in [2.45, 2.75) is 39.0 Å². The van der Waals surface area contributed by atoms with Crippen molar-refractivity contribution in [3.63, 3.8) is 0 Å². The van der Waals surface area contributed by atoms with E-state index in [1.165, 1.54) is 0 Å². The molecule has 2 aromatic carbocycles. The van der Waals surface area contributed by atoms with E-state index in [1.807, 2.05) is 40.1 Å². The Kier molecular flexibility index (Phi) is 7.41. The molecule has 0 atom stereocenters. The molecule has 0 aliphatic carbocycles. The summed E-state index contributed by atoms with van der Waals surface area (Å²) < 4.78 is 17.9. The molecule has 1 fully saturated rings. The van der Waals surface area contributed by atoms with E-state index < -0.39 is 0 Å². The second-order valence-corrected chi connectivity index (χ2v) is 9.29. The zero-order valence-corrected chi connectivity index (χ0v) is 21.5. The summed E-state index contributed by atoms with van der Waals surface area (Å²) in [6.45, 7) is 3.80. The van der Waals surface area contributed by atoms with E-state index in [2.05, 4.69) is 15.0 Å². The van der Waals surface area contributed by atoms with Gasteiger partial charge in [-0.25, -0.2) is 0 Å². The normalized spacial score (nSPS) is 15.3. The number of halogens is 1. The van der Waals surface area contributed by atoms with Crippen molar-refractivity contribution in [3.8, 4) is 17.2 Å². The second kappa shape index (κ2) is 11.0. The largest absolute Gasteiger partial charge is 0.493 e. The van der Waals surface area contributed by atoms with Crippen LogP contribution in [-0.4, -0.2) is 53.4 Å². The Bertz CT molecular complexity index is 1300. The van der Waals surface area contributed by atoms with E-state index >= 15 is 0 Å².